The zero-order valence-electron chi connectivity index (χ0n) is 9.17. The highest BCUT2D eigenvalue weighted by molar-refractivity contribution is 5.67. The molecule has 0 N–H and O–H groups in total. The summed E-state index contributed by atoms with van der Waals surface area (Å²) in [6.45, 7) is 12.5. The summed E-state index contributed by atoms with van der Waals surface area (Å²) < 4.78 is 5.27. The Bertz CT molecular complexity index is 263. The predicted molar refractivity (Wildman–Crippen MR) is 58.9 cm³/mol. The van der Waals surface area contributed by atoms with Gasteiger partial charge in [0.1, 0.15) is 5.60 Å². The molecule has 1 atom stereocenters. The molecule has 1 unspecified atom stereocenters. The number of hydrogen-bond donors (Lipinski definition) is 0. The molecule has 0 aliphatic heterocycles. The van der Waals surface area contributed by atoms with E-state index in [1.165, 1.54) is 6.92 Å². The predicted octanol–water partition coefficient (Wildman–Crippen LogP) is 3.02. The van der Waals surface area contributed by atoms with Gasteiger partial charge in [0.25, 0.3) is 0 Å². The lowest BCUT2D eigenvalue weighted by atomic mass is 9.92. The second kappa shape index (κ2) is 5.43. The van der Waals surface area contributed by atoms with Gasteiger partial charge in [-0.05, 0) is 18.9 Å². The van der Waals surface area contributed by atoms with E-state index in [0.29, 0.717) is 6.42 Å². The standard InChI is InChI=1S/C12H18O2/c1-6-9-11(7-2)12(5,8-3)14-10(4)13/h6-7,9H,1-2,8H2,3-5H3/b11-9+. The van der Waals surface area contributed by atoms with Crippen LogP contribution in [-0.2, 0) is 9.53 Å². The van der Waals surface area contributed by atoms with Crippen molar-refractivity contribution < 1.29 is 9.53 Å². The molecular weight excluding hydrogens is 176 g/mol. The van der Waals surface area contributed by atoms with Gasteiger partial charge < -0.3 is 4.74 Å². The molecule has 0 aromatic rings. The fourth-order valence-electron chi connectivity index (χ4n) is 1.24. The van der Waals surface area contributed by atoms with Crippen LogP contribution in [-0.4, -0.2) is 11.6 Å². The normalized spacial score (nSPS) is 15.5. The van der Waals surface area contributed by atoms with Crippen molar-refractivity contribution in [3.8, 4) is 0 Å². The molecule has 0 amide bonds. The molecule has 0 radical (unpaired) electrons. The second-order valence-electron chi connectivity index (χ2n) is 3.24. The van der Waals surface area contributed by atoms with Crippen molar-refractivity contribution in [3.63, 3.8) is 0 Å². The van der Waals surface area contributed by atoms with Crippen LogP contribution in [0, 0.1) is 0 Å². The minimum absolute atomic E-state index is 0.286. The first kappa shape index (κ1) is 12.7. The van der Waals surface area contributed by atoms with Gasteiger partial charge in [-0.2, -0.15) is 0 Å². The van der Waals surface area contributed by atoms with E-state index in [1.54, 1.807) is 18.2 Å². The van der Waals surface area contributed by atoms with Crippen LogP contribution in [0.1, 0.15) is 27.2 Å². The van der Waals surface area contributed by atoms with Crippen molar-refractivity contribution in [1.29, 1.82) is 0 Å². The first-order valence-electron chi connectivity index (χ1n) is 4.65. The van der Waals surface area contributed by atoms with Gasteiger partial charge in [-0.3, -0.25) is 4.79 Å². The molecule has 0 aliphatic rings. The van der Waals surface area contributed by atoms with Crippen molar-refractivity contribution in [3.05, 3.63) is 37.0 Å². The van der Waals surface area contributed by atoms with Gasteiger partial charge in [0.15, 0.2) is 0 Å². The summed E-state index contributed by atoms with van der Waals surface area (Å²) in [6.07, 6.45) is 5.86. The van der Waals surface area contributed by atoms with Crippen molar-refractivity contribution in [2.45, 2.75) is 32.8 Å². The third-order valence-electron chi connectivity index (χ3n) is 2.17. The van der Waals surface area contributed by atoms with Crippen LogP contribution >= 0.6 is 0 Å². The highest BCUT2D eigenvalue weighted by Crippen LogP contribution is 2.26. The first-order valence-corrected chi connectivity index (χ1v) is 4.65. The lowest BCUT2D eigenvalue weighted by molar-refractivity contribution is -0.151. The molecule has 14 heavy (non-hydrogen) atoms. The molecule has 0 spiro atoms. The molecule has 0 heterocycles. The van der Waals surface area contributed by atoms with Gasteiger partial charge in [0, 0.05) is 6.92 Å². The summed E-state index contributed by atoms with van der Waals surface area (Å²) in [5, 5.41) is 0. The number of carbonyl (C=O) groups excluding carboxylic acids is 1. The third-order valence-corrected chi connectivity index (χ3v) is 2.17. The average Bonchev–Trinajstić information content (AvgIpc) is 2.12. The quantitative estimate of drug-likeness (QED) is 0.496. The molecular formula is C12H18O2. The lowest BCUT2D eigenvalue weighted by Crippen LogP contribution is -2.31. The summed E-state index contributed by atoms with van der Waals surface area (Å²) in [7, 11) is 0. The van der Waals surface area contributed by atoms with Crippen LogP contribution in [0.15, 0.2) is 37.0 Å². The number of hydrogen-bond acceptors (Lipinski definition) is 2. The van der Waals surface area contributed by atoms with Crippen LogP contribution in [0.25, 0.3) is 0 Å². The molecule has 0 saturated carbocycles. The average molecular weight is 194 g/mol. The Morgan fingerprint density at radius 3 is 2.36 bits per heavy atom. The zero-order chi connectivity index (χ0) is 11.2. The molecule has 0 aliphatic carbocycles. The van der Waals surface area contributed by atoms with E-state index in [0.717, 1.165) is 5.57 Å². The van der Waals surface area contributed by atoms with E-state index in [1.807, 2.05) is 13.8 Å². The Balaban J connectivity index is 4.98. The van der Waals surface area contributed by atoms with E-state index in [9.17, 15) is 4.79 Å². The fourth-order valence-corrected chi connectivity index (χ4v) is 1.24. The van der Waals surface area contributed by atoms with Crippen molar-refractivity contribution >= 4 is 5.97 Å². The molecule has 0 fully saturated rings. The van der Waals surface area contributed by atoms with Gasteiger partial charge in [0.2, 0.25) is 0 Å². The van der Waals surface area contributed by atoms with Gasteiger partial charge in [-0.1, -0.05) is 38.3 Å². The molecule has 0 aromatic heterocycles. The lowest BCUT2D eigenvalue weighted by Gasteiger charge is -2.29. The Morgan fingerprint density at radius 1 is 1.50 bits per heavy atom. The second-order valence-corrected chi connectivity index (χ2v) is 3.24. The van der Waals surface area contributed by atoms with Gasteiger partial charge in [0.05, 0.1) is 0 Å². The fraction of sp³-hybridized carbons (Fsp3) is 0.417. The number of ether oxygens (including phenoxy) is 1. The van der Waals surface area contributed by atoms with Crippen LogP contribution in [0.3, 0.4) is 0 Å². The van der Waals surface area contributed by atoms with Crippen LogP contribution in [0.2, 0.25) is 0 Å². The van der Waals surface area contributed by atoms with E-state index in [-0.39, 0.29) is 5.97 Å². The van der Waals surface area contributed by atoms with E-state index in [4.69, 9.17) is 4.74 Å². The molecule has 0 bridgehead atoms. The van der Waals surface area contributed by atoms with Crippen LogP contribution in [0.4, 0.5) is 0 Å². The smallest absolute Gasteiger partial charge is 0.303 e. The maximum atomic E-state index is 10.9. The first-order chi connectivity index (χ1) is 6.50. The molecule has 0 rings (SSSR count). The Kier molecular flexibility index (Phi) is 4.92. The van der Waals surface area contributed by atoms with Gasteiger partial charge in [-0.25, -0.2) is 0 Å². The minimum atomic E-state index is -0.595. The van der Waals surface area contributed by atoms with Crippen molar-refractivity contribution in [2.24, 2.45) is 0 Å². The molecule has 0 saturated heterocycles. The maximum Gasteiger partial charge on any atom is 0.303 e. The number of esters is 1. The van der Waals surface area contributed by atoms with Crippen molar-refractivity contribution in [1.82, 2.24) is 0 Å². The maximum absolute atomic E-state index is 10.9. The largest absolute Gasteiger partial charge is 0.455 e. The van der Waals surface area contributed by atoms with E-state index in [2.05, 4.69) is 13.2 Å². The third kappa shape index (κ3) is 3.21. The monoisotopic (exact) mass is 194 g/mol. The van der Waals surface area contributed by atoms with E-state index < -0.39 is 5.60 Å². The summed E-state index contributed by atoms with van der Waals surface area (Å²) >= 11 is 0. The Labute approximate surface area is 86.0 Å². The van der Waals surface area contributed by atoms with Crippen LogP contribution < -0.4 is 0 Å². The van der Waals surface area contributed by atoms with Gasteiger partial charge in [-0.15, -0.1) is 0 Å². The van der Waals surface area contributed by atoms with Gasteiger partial charge >= 0.3 is 5.97 Å². The van der Waals surface area contributed by atoms with E-state index >= 15 is 0 Å². The molecule has 78 valence electrons. The molecule has 2 heteroatoms. The Morgan fingerprint density at radius 2 is 2.07 bits per heavy atom. The minimum Gasteiger partial charge on any atom is -0.455 e. The molecule has 2 nitrogen and oxygen atoms in total. The summed E-state index contributed by atoms with van der Waals surface area (Å²) in [5.74, 6) is -0.286. The summed E-state index contributed by atoms with van der Waals surface area (Å²) in [6, 6.07) is 0. The number of rotatable bonds is 5. The SMILES string of the molecule is C=C/C=C(\C=C)C(C)(CC)OC(C)=O. The number of allylic oxidation sites excluding steroid dienone is 2. The van der Waals surface area contributed by atoms with Crippen molar-refractivity contribution in [2.75, 3.05) is 0 Å². The highest BCUT2D eigenvalue weighted by atomic mass is 16.6. The number of carbonyl (C=O) groups is 1. The Hall–Kier alpha value is -1.31. The van der Waals surface area contributed by atoms with Crippen LogP contribution in [0.5, 0.6) is 0 Å². The highest BCUT2D eigenvalue weighted by Gasteiger charge is 2.28. The summed E-state index contributed by atoms with van der Waals surface area (Å²) in [4.78, 5) is 10.9. The zero-order valence-corrected chi connectivity index (χ0v) is 9.17. The summed E-state index contributed by atoms with van der Waals surface area (Å²) in [5.41, 5.74) is 0.270. The molecule has 0 aromatic carbocycles. The topological polar surface area (TPSA) is 26.3 Å².